The minimum absolute atomic E-state index is 0.153. The number of aryl methyl sites for hydroxylation is 1. The van der Waals surface area contributed by atoms with Gasteiger partial charge in [0.15, 0.2) is 11.9 Å². The molecule has 0 unspecified atom stereocenters. The molecule has 1 heterocycles. The summed E-state index contributed by atoms with van der Waals surface area (Å²) in [6.07, 6.45) is 0.562. The van der Waals surface area contributed by atoms with Gasteiger partial charge in [-0.2, -0.15) is 0 Å². The van der Waals surface area contributed by atoms with Gasteiger partial charge >= 0.3 is 5.97 Å². The Balaban J connectivity index is 1.95. The molecule has 0 saturated carbocycles. The minimum atomic E-state index is -0.981. The van der Waals surface area contributed by atoms with Crippen LogP contribution in [0.4, 0.5) is 0 Å². The van der Waals surface area contributed by atoms with Crippen LogP contribution in [-0.4, -0.2) is 28.3 Å². The van der Waals surface area contributed by atoms with Gasteiger partial charge in [-0.15, -0.1) is 0 Å². The van der Waals surface area contributed by atoms with Gasteiger partial charge in [0.2, 0.25) is 0 Å². The van der Waals surface area contributed by atoms with Crippen LogP contribution < -0.4 is 5.32 Å². The van der Waals surface area contributed by atoms with Gasteiger partial charge in [-0.3, -0.25) is 9.59 Å². The van der Waals surface area contributed by atoms with E-state index in [1.54, 1.807) is 31.4 Å². The summed E-state index contributed by atoms with van der Waals surface area (Å²) in [6.45, 7) is 3.13. The number of benzene rings is 1. The molecule has 1 atom stereocenters. The smallest absolute Gasteiger partial charge is 0.355 e. The van der Waals surface area contributed by atoms with Crippen LogP contribution >= 0.6 is 11.6 Å². The predicted molar refractivity (Wildman–Crippen MR) is 93.6 cm³/mol. The molecular formula is C18H19ClN2O4. The van der Waals surface area contributed by atoms with E-state index < -0.39 is 18.0 Å². The first kappa shape index (κ1) is 18.7. The molecule has 0 radical (unpaired) electrons. The maximum Gasteiger partial charge on any atom is 0.355 e. The van der Waals surface area contributed by atoms with E-state index in [1.807, 2.05) is 6.07 Å². The second-order valence-electron chi connectivity index (χ2n) is 5.64. The summed E-state index contributed by atoms with van der Waals surface area (Å²) in [4.78, 5) is 35.7. The maximum absolute atomic E-state index is 12.2. The molecule has 0 spiro atoms. The van der Waals surface area contributed by atoms with Crippen LogP contribution in [-0.2, 0) is 23.1 Å². The van der Waals surface area contributed by atoms with Crippen molar-refractivity contribution in [3.8, 4) is 0 Å². The molecule has 0 saturated heterocycles. The van der Waals surface area contributed by atoms with E-state index in [2.05, 4.69) is 5.32 Å². The number of amides is 1. The molecule has 0 bridgehead atoms. The topological polar surface area (TPSA) is 77.4 Å². The molecule has 2 aromatic rings. The molecule has 1 N–H and O–H groups in total. The molecule has 6 nitrogen and oxygen atoms in total. The Morgan fingerprint density at radius 2 is 1.96 bits per heavy atom. The number of hydrogen-bond donors (Lipinski definition) is 1. The molecule has 132 valence electrons. The number of carbonyl (C=O) groups excluding carboxylic acids is 3. The van der Waals surface area contributed by atoms with Crippen molar-refractivity contribution < 1.29 is 19.1 Å². The number of aromatic nitrogens is 1. The van der Waals surface area contributed by atoms with Crippen molar-refractivity contribution in [3.63, 3.8) is 0 Å². The molecule has 7 heteroatoms. The Kier molecular flexibility index (Phi) is 5.98. The largest absolute Gasteiger partial charge is 0.448 e. The predicted octanol–water partition coefficient (Wildman–Crippen LogP) is 2.74. The van der Waals surface area contributed by atoms with Gasteiger partial charge in [-0.05, 0) is 31.5 Å². The lowest BCUT2D eigenvalue weighted by molar-refractivity contribution is -0.129. The zero-order chi connectivity index (χ0) is 18.6. The molecule has 2 rings (SSSR count). The molecule has 0 aliphatic carbocycles. The van der Waals surface area contributed by atoms with Crippen molar-refractivity contribution >= 4 is 29.3 Å². The number of hydrogen-bond acceptors (Lipinski definition) is 4. The molecule has 0 aliphatic heterocycles. The highest BCUT2D eigenvalue weighted by molar-refractivity contribution is 6.31. The SMILES string of the molecule is CC(=O)c1cc(C(=O)O[C@@H](C)C(=O)NCc2ccccc2Cl)n(C)c1. The fourth-order valence-corrected chi connectivity index (χ4v) is 2.40. The van der Waals surface area contributed by atoms with Gasteiger partial charge in [-0.1, -0.05) is 29.8 Å². The Hall–Kier alpha value is -2.60. The lowest BCUT2D eigenvalue weighted by Gasteiger charge is -2.14. The first-order chi connectivity index (χ1) is 11.8. The normalized spacial score (nSPS) is 11.7. The zero-order valence-corrected chi connectivity index (χ0v) is 15.0. The zero-order valence-electron chi connectivity index (χ0n) is 14.2. The summed E-state index contributed by atoms with van der Waals surface area (Å²) in [5.74, 6) is -1.26. The third-order valence-corrected chi connectivity index (χ3v) is 4.05. The van der Waals surface area contributed by atoms with E-state index in [-0.39, 0.29) is 18.0 Å². The van der Waals surface area contributed by atoms with Gasteiger partial charge in [0.1, 0.15) is 5.69 Å². The van der Waals surface area contributed by atoms with Crippen LogP contribution in [0.15, 0.2) is 36.5 Å². The fourth-order valence-electron chi connectivity index (χ4n) is 2.20. The number of carbonyl (C=O) groups is 3. The van der Waals surface area contributed by atoms with E-state index in [9.17, 15) is 14.4 Å². The van der Waals surface area contributed by atoms with E-state index in [1.165, 1.54) is 24.5 Å². The minimum Gasteiger partial charge on any atom is -0.448 e. The number of halogens is 1. The van der Waals surface area contributed by atoms with Crippen molar-refractivity contribution in [2.75, 3.05) is 0 Å². The van der Waals surface area contributed by atoms with Gasteiger partial charge in [0.25, 0.3) is 5.91 Å². The fraction of sp³-hybridized carbons (Fsp3) is 0.278. The summed E-state index contributed by atoms with van der Waals surface area (Å²) in [5, 5.41) is 3.22. The first-order valence-corrected chi connectivity index (χ1v) is 8.06. The molecule has 0 fully saturated rings. The van der Waals surface area contributed by atoms with Crippen molar-refractivity contribution in [2.24, 2.45) is 7.05 Å². The summed E-state index contributed by atoms with van der Waals surface area (Å²) in [6, 6.07) is 8.59. The van der Waals surface area contributed by atoms with E-state index in [4.69, 9.17) is 16.3 Å². The van der Waals surface area contributed by atoms with Crippen LogP contribution in [0.5, 0.6) is 0 Å². The van der Waals surface area contributed by atoms with Gasteiger partial charge in [-0.25, -0.2) is 4.79 Å². The van der Waals surface area contributed by atoms with Crippen molar-refractivity contribution in [3.05, 3.63) is 58.4 Å². The second kappa shape index (κ2) is 7.98. The highest BCUT2D eigenvalue weighted by Crippen LogP contribution is 2.14. The van der Waals surface area contributed by atoms with Crippen molar-refractivity contribution in [2.45, 2.75) is 26.5 Å². The van der Waals surface area contributed by atoms with Crippen LogP contribution in [0, 0.1) is 0 Å². The first-order valence-electron chi connectivity index (χ1n) is 7.69. The summed E-state index contributed by atoms with van der Waals surface area (Å²) >= 11 is 6.03. The summed E-state index contributed by atoms with van der Waals surface area (Å²) in [5.41, 5.74) is 1.38. The summed E-state index contributed by atoms with van der Waals surface area (Å²) < 4.78 is 6.67. The highest BCUT2D eigenvalue weighted by Gasteiger charge is 2.21. The van der Waals surface area contributed by atoms with Crippen LogP contribution in [0.25, 0.3) is 0 Å². The lowest BCUT2D eigenvalue weighted by atomic mass is 10.2. The second-order valence-corrected chi connectivity index (χ2v) is 6.05. The number of Topliss-reactive ketones (excluding diaryl/α,β-unsaturated/α-hetero) is 1. The van der Waals surface area contributed by atoms with Crippen LogP contribution in [0.1, 0.15) is 40.3 Å². The third-order valence-electron chi connectivity index (χ3n) is 3.68. The number of rotatable bonds is 6. The van der Waals surface area contributed by atoms with Crippen LogP contribution in [0.3, 0.4) is 0 Å². The quantitative estimate of drug-likeness (QED) is 0.633. The molecule has 1 amide bonds. The molecule has 25 heavy (non-hydrogen) atoms. The Morgan fingerprint density at radius 1 is 1.28 bits per heavy atom. The maximum atomic E-state index is 12.2. The van der Waals surface area contributed by atoms with Gasteiger partial charge in [0, 0.05) is 30.4 Å². The number of ketones is 1. The number of nitrogens with zero attached hydrogens (tertiary/aromatic N) is 1. The van der Waals surface area contributed by atoms with E-state index in [0.717, 1.165) is 5.56 Å². The Morgan fingerprint density at radius 3 is 2.56 bits per heavy atom. The van der Waals surface area contributed by atoms with E-state index >= 15 is 0 Å². The van der Waals surface area contributed by atoms with Crippen LogP contribution in [0.2, 0.25) is 5.02 Å². The number of ether oxygens (including phenoxy) is 1. The molecule has 0 aliphatic rings. The Labute approximate surface area is 150 Å². The molecule has 1 aromatic carbocycles. The number of nitrogens with one attached hydrogen (secondary N) is 1. The average Bonchev–Trinajstić information content (AvgIpc) is 2.96. The van der Waals surface area contributed by atoms with Crippen molar-refractivity contribution in [1.82, 2.24) is 9.88 Å². The summed E-state index contributed by atoms with van der Waals surface area (Å²) in [7, 11) is 1.63. The highest BCUT2D eigenvalue weighted by atomic mass is 35.5. The molecule has 1 aromatic heterocycles. The lowest BCUT2D eigenvalue weighted by Crippen LogP contribution is -2.35. The van der Waals surface area contributed by atoms with E-state index in [0.29, 0.717) is 10.6 Å². The third kappa shape index (κ3) is 4.70. The van der Waals surface area contributed by atoms with Crippen molar-refractivity contribution in [1.29, 1.82) is 0 Å². The number of esters is 1. The van der Waals surface area contributed by atoms with Gasteiger partial charge in [0.05, 0.1) is 0 Å². The standard InChI is InChI=1S/C18H19ClN2O4/c1-11(22)14-8-16(21(3)10-14)18(24)25-12(2)17(23)20-9-13-6-4-5-7-15(13)19/h4-8,10,12H,9H2,1-3H3,(H,20,23)/t12-/m0/s1. The van der Waals surface area contributed by atoms with Gasteiger partial charge < -0.3 is 14.6 Å². The molecular weight excluding hydrogens is 344 g/mol. The monoisotopic (exact) mass is 362 g/mol. The Bertz CT molecular complexity index is 813. The average molecular weight is 363 g/mol.